The van der Waals surface area contributed by atoms with Gasteiger partial charge < -0.3 is 10.2 Å². The second kappa shape index (κ2) is 12.3. The molecule has 0 aromatic heterocycles. The van der Waals surface area contributed by atoms with Crippen molar-refractivity contribution in [2.75, 3.05) is 17.4 Å². The fourth-order valence-corrected chi connectivity index (χ4v) is 5.64. The molecule has 0 aliphatic rings. The maximum Gasteiger partial charge on any atom is 0.264 e. The van der Waals surface area contributed by atoms with E-state index in [2.05, 4.69) is 5.32 Å². The minimum absolute atomic E-state index is 0.0445. The van der Waals surface area contributed by atoms with E-state index in [9.17, 15) is 18.0 Å². The van der Waals surface area contributed by atoms with Crippen molar-refractivity contribution in [2.24, 2.45) is 0 Å². The van der Waals surface area contributed by atoms with Crippen LogP contribution in [0.1, 0.15) is 30.5 Å². The molecular weight excluding hydrogens is 510 g/mol. The van der Waals surface area contributed by atoms with Crippen LogP contribution in [0.2, 0.25) is 5.02 Å². The molecule has 1 N–H and O–H groups in total. The number of nitrogens with one attached hydrogen (secondary N) is 1. The summed E-state index contributed by atoms with van der Waals surface area (Å²) >= 11 is 6.37. The molecule has 7 nitrogen and oxygen atoms in total. The normalized spacial score (nSPS) is 12.0. The lowest BCUT2D eigenvalue weighted by molar-refractivity contribution is -0.139. The Labute approximate surface area is 224 Å². The van der Waals surface area contributed by atoms with Crippen LogP contribution in [-0.2, 0) is 26.2 Å². The molecule has 0 aliphatic carbocycles. The number of aryl methyl sites for hydroxylation is 1. The lowest BCUT2D eigenvalue weighted by Gasteiger charge is -2.32. The minimum Gasteiger partial charge on any atom is -0.355 e. The number of carbonyl (C=O) groups is 2. The molecule has 0 bridgehead atoms. The molecule has 196 valence electrons. The van der Waals surface area contributed by atoms with Crippen LogP contribution in [0.25, 0.3) is 0 Å². The first-order chi connectivity index (χ1) is 17.6. The molecule has 0 saturated carbocycles. The lowest BCUT2D eigenvalue weighted by atomic mass is 10.1. The number of rotatable bonds is 10. The summed E-state index contributed by atoms with van der Waals surface area (Å²) in [5.41, 5.74) is 2.68. The number of anilines is 1. The molecule has 0 unspecified atom stereocenters. The standard InChI is InChI=1S/C28H32ClN3O4S/c1-5-30-28(34)22(4)31(18-23-13-9-10-16-25(23)29)27(33)19-32(26-17-11-12-20(2)21(26)3)37(35,36)24-14-7-6-8-15-24/h6-17,22H,5,18-19H2,1-4H3,(H,30,34)/t22-/m1/s1. The van der Waals surface area contributed by atoms with Crippen molar-refractivity contribution in [1.29, 1.82) is 0 Å². The summed E-state index contributed by atoms with van der Waals surface area (Å²) in [4.78, 5) is 28.1. The molecule has 3 aromatic rings. The number of hydrogen-bond acceptors (Lipinski definition) is 4. The van der Waals surface area contributed by atoms with Gasteiger partial charge in [0.15, 0.2) is 0 Å². The van der Waals surface area contributed by atoms with Crippen molar-refractivity contribution < 1.29 is 18.0 Å². The van der Waals surface area contributed by atoms with Crippen molar-refractivity contribution in [2.45, 2.75) is 45.2 Å². The molecular formula is C28H32ClN3O4S. The Balaban J connectivity index is 2.08. The predicted molar refractivity (Wildman–Crippen MR) is 147 cm³/mol. The zero-order chi connectivity index (χ0) is 27.2. The molecule has 0 heterocycles. The van der Waals surface area contributed by atoms with Gasteiger partial charge in [-0.3, -0.25) is 13.9 Å². The number of carbonyl (C=O) groups excluding carboxylic acids is 2. The SMILES string of the molecule is CCNC(=O)[C@@H](C)N(Cc1ccccc1Cl)C(=O)CN(c1cccc(C)c1C)S(=O)(=O)c1ccccc1. The minimum atomic E-state index is -4.10. The van der Waals surface area contributed by atoms with Gasteiger partial charge in [-0.15, -0.1) is 0 Å². The number of likely N-dealkylation sites (N-methyl/N-ethyl adjacent to an activating group) is 1. The lowest BCUT2D eigenvalue weighted by Crippen LogP contribution is -2.51. The van der Waals surface area contributed by atoms with Crippen LogP contribution in [0.4, 0.5) is 5.69 Å². The van der Waals surface area contributed by atoms with Gasteiger partial charge in [0.2, 0.25) is 11.8 Å². The summed E-state index contributed by atoms with van der Waals surface area (Å²) in [6.07, 6.45) is 0. The van der Waals surface area contributed by atoms with Crippen molar-refractivity contribution >= 4 is 39.1 Å². The number of sulfonamides is 1. The Morgan fingerprint density at radius 1 is 0.946 bits per heavy atom. The summed E-state index contributed by atoms with van der Waals surface area (Å²) in [5, 5.41) is 3.19. The molecule has 9 heteroatoms. The monoisotopic (exact) mass is 541 g/mol. The van der Waals surface area contributed by atoms with Crippen molar-refractivity contribution in [3.63, 3.8) is 0 Å². The summed E-state index contributed by atoms with van der Waals surface area (Å²) in [6, 6.07) is 19.5. The van der Waals surface area contributed by atoms with Crippen molar-refractivity contribution in [1.82, 2.24) is 10.2 Å². The van der Waals surface area contributed by atoms with Crippen LogP contribution in [0.5, 0.6) is 0 Å². The molecule has 0 aliphatic heterocycles. The molecule has 3 aromatic carbocycles. The van der Waals surface area contributed by atoms with Crippen LogP contribution in [0.15, 0.2) is 77.7 Å². The highest BCUT2D eigenvalue weighted by Crippen LogP contribution is 2.29. The molecule has 3 rings (SSSR count). The molecule has 37 heavy (non-hydrogen) atoms. The fourth-order valence-electron chi connectivity index (χ4n) is 3.95. The quantitative estimate of drug-likeness (QED) is 0.403. The van der Waals surface area contributed by atoms with Crippen LogP contribution in [-0.4, -0.2) is 44.3 Å². The number of hydrogen-bond donors (Lipinski definition) is 1. The zero-order valence-electron chi connectivity index (χ0n) is 21.4. The summed E-state index contributed by atoms with van der Waals surface area (Å²) in [5.74, 6) is -0.869. The van der Waals surface area contributed by atoms with E-state index in [1.54, 1.807) is 68.4 Å². The number of halogens is 1. The van der Waals surface area contributed by atoms with Gasteiger partial charge >= 0.3 is 0 Å². The van der Waals surface area contributed by atoms with Crippen LogP contribution >= 0.6 is 11.6 Å². The van der Waals surface area contributed by atoms with E-state index < -0.39 is 28.5 Å². The van der Waals surface area contributed by atoms with Crippen LogP contribution in [0, 0.1) is 13.8 Å². The third-order valence-electron chi connectivity index (χ3n) is 6.27. The van der Waals surface area contributed by atoms with Crippen LogP contribution < -0.4 is 9.62 Å². The topological polar surface area (TPSA) is 86.8 Å². The number of amides is 2. The van der Waals surface area contributed by atoms with E-state index in [1.807, 2.05) is 19.9 Å². The number of benzene rings is 3. The maximum atomic E-state index is 13.9. The Hall–Kier alpha value is -3.36. The maximum absolute atomic E-state index is 13.9. The Bertz CT molecular complexity index is 1360. The number of nitrogens with zero attached hydrogens (tertiary/aromatic N) is 2. The summed E-state index contributed by atoms with van der Waals surface area (Å²) in [6.45, 7) is 7.07. The van der Waals surface area contributed by atoms with E-state index in [1.165, 1.54) is 17.0 Å². The molecule has 0 radical (unpaired) electrons. The van der Waals surface area contributed by atoms with E-state index in [4.69, 9.17) is 11.6 Å². The Morgan fingerprint density at radius 3 is 2.24 bits per heavy atom. The van der Waals surface area contributed by atoms with Gasteiger partial charge in [-0.1, -0.05) is 60.1 Å². The molecule has 0 saturated heterocycles. The Kier molecular flexibility index (Phi) is 9.34. The third-order valence-corrected chi connectivity index (χ3v) is 8.41. The van der Waals surface area contributed by atoms with E-state index in [0.29, 0.717) is 22.8 Å². The predicted octanol–water partition coefficient (Wildman–Crippen LogP) is 4.71. The first-order valence-corrected chi connectivity index (χ1v) is 13.8. The molecule has 0 spiro atoms. The second-order valence-electron chi connectivity index (χ2n) is 8.73. The summed E-state index contributed by atoms with van der Waals surface area (Å²) < 4.78 is 28.8. The molecule has 1 atom stereocenters. The average Bonchev–Trinajstić information content (AvgIpc) is 2.88. The first kappa shape index (κ1) is 28.2. The van der Waals surface area contributed by atoms with E-state index in [-0.39, 0.29) is 17.3 Å². The molecule has 2 amide bonds. The van der Waals surface area contributed by atoms with Gasteiger partial charge in [0, 0.05) is 18.1 Å². The van der Waals surface area contributed by atoms with Gasteiger partial charge in [0.05, 0.1) is 10.6 Å². The van der Waals surface area contributed by atoms with Gasteiger partial charge in [0.1, 0.15) is 12.6 Å². The van der Waals surface area contributed by atoms with Gasteiger partial charge in [-0.25, -0.2) is 8.42 Å². The van der Waals surface area contributed by atoms with E-state index in [0.717, 1.165) is 15.4 Å². The Morgan fingerprint density at radius 2 is 1.59 bits per heavy atom. The van der Waals surface area contributed by atoms with Gasteiger partial charge in [-0.2, -0.15) is 0 Å². The largest absolute Gasteiger partial charge is 0.355 e. The smallest absolute Gasteiger partial charge is 0.264 e. The highest BCUT2D eigenvalue weighted by molar-refractivity contribution is 7.92. The average molecular weight is 542 g/mol. The fraction of sp³-hybridized carbons (Fsp3) is 0.286. The highest BCUT2D eigenvalue weighted by atomic mass is 35.5. The highest BCUT2D eigenvalue weighted by Gasteiger charge is 2.33. The zero-order valence-corrected chi connectivity index (χ0v) is 23.0. The van der Waals surface area contributed by atoms with E-state index >= 15 is 0 Å². The van der Waals surface area contributed by atoms with Gasteiger partial charge in [0.25, 0.3) is 10.0 Å². The second-order valence-corrected chi connectivity index (χ2v) is 11.0. The molecule has 0 fully saturated rings. The summed E-state index contributed by atoms with van der Waals surface area (Å²) in [7, 11) is -4.10. The van der Waals surface area contributed by atoms with Gasteiger partial charge in [-0.05, 0) is 68.7 Å². The van der Waals surface area contributed by atoms with Crippen molar-refractivity contribution in [3.05, 3.63) is 94.5 Å². The van der Waals surface area contributed by atoms with Crippen molar-refractivity contribution in [3.8, 4) is 0 Å². The first-order valence-electron chi connectivity index (χ1n) is 12.0. The van der Waals surface area contributed by atoms with Crippen LogP contribution in [0.3, 0.4) is 0 Å². The third kappa shape index (κ3) is 6.50.